The number of carbonyl (C=O) groups is 4. The third-order valence-electron chi connectivity index (χ3n) is 4.68. The molecule has 1 heterocycles. The average Bonchev–Trinajstić information content (AvgIpc) is 2.75. The zero-order valence-corrected chi connectivity index (χ0v) is 28.4. The van der Waals surface area contributed by atoms with E-state index in [4.69, 9.17) is 35.4 Å². The van der Waals surface area contributed by atoms with E-state index in [2.05, 4.69) is 26.3 Å². The minimum absolute atomic E-state index is 0.0389. The summed E-state index contributed by atoms with van der Waals surface area (Å²) in [6.07, 6.45) is -0.709. The molecular weight excluding hydrogens is 581 g/mol. The van der Waals surface area contributed by atoms with Gasteiger partial charge in [0.25, 0.3) is 10.0 Å². The molecule has 0 aromatic carbocycles. The Morgan fingerprint density at radius 2 is 1.18 bits per heavy atom. The first-order chi connectivity index (χ1) is 17.7. The average molecular weight is 619 g/mol. The van der Waals surface area contributed by atoms with Crippen LogP contribution in [0.2, 0.25) is 26.2 Å². The fraction of sp³-hybridized carbons (Fsp3) is 0.478. The van der Waals surface area contributed by atoms with Crippen LogP contribution in [-0.2, 0) is 54.6 Å². The minimum atomic E-state index is -3.13. The fourth-order valence-corrected chi connectivity index (χ4v) is 16.9. The van der Waals surface area contributed by atoms with Gasteiger partial charge in [-0.05, 0) is 53.9 Å². The smallest absolute Gasteiger partial charge is 0.427 e. The molecule has 0 N–H and O–H groups in total. The summed E-state index contributed by atoms with van der Waals surface area (Å²) in [5.74, 6) is -6.76. The Bertz CT molecular complexity index is 982. The van der Waals surface area contributed by atoms with Crippen molar-refractivity contribution >= 4 is 60.3 Å². The lowest BCUT2D eigenvalue weighted by molar-refractivity contribution is -0.332. The first kappa shape index (κ1) is 34.6. The van der Waals surface area contributed by atoms with Crippen molar-refractivity contribution in [3.63, 3.8) is 0 Å². The molecule has 1 fully saturated rings. The quantitative estimate of drug-likeness (QED) is 0.145. The van der Waals surface area contributed by atoms with Gasteiger partial charge in [0.15, 0.2) is 5.73 Å². The summed E-state index contributed by atoms with van der Waals surface area (Å²) in [5.41, 5.74) is -1.61. The second kappa shape index (κ2) is 13.8. The Morgan fingerprint density at radius 3 is 1.56 bits per heavy atom. The van der Waals surface area contributed by atoms with Crippen LogP contribution in [0.4, 0.5) is 0 Å². The second-order valence-corrected chi connectivity index (χ2v) is 21.5. The van der Waals surface area contributed by atoms with Gasteiger partial charge in [0.2, 0.25) is 0 Å². The molecule has 218 valence electrons. The van der Waals surface area contributed by atoms with E-state index in [9.17, 15) is 19.2 Å². The van der Waals surface area contributed by atoms with Crippen molar-refractivity contribution in [2.24, 2.45) is 0 Å². The molecule has 0 saturated carbocycles. The Kier molecular flexibility index (Phi) is 12.2. The first-order valence-corrected chi connectivity index (χ1v) is 20.3. The molecule has 0 spiro atoms. The Labute approximate surface area is 235 Å². The van der Waals surface area contributed by atoms with Crippen molar-refractivity contribution in [1.29, 1.82) is 0 Å². The zero-order valence-electron chi connectivity index (χ0n) is 23.8. The number of hydrogen-bond acceptors (Lipinski definition) is 12. The van der Waals surface area contributed by atoms with Gasteiger partial charge in [0, 0.05) is 22.3 Å². The molecule has 1 aliphatic heterocycles. The molecule has 16 heteroatoms. The number of rotatable bonds is 11. The van der Waals surface area contributed by atoms with Crippen LogP contribution in [-0.4, -0.2) is 72.0 Å². The van der Waals surface area contributed by atoms with E-state index in [0.717, 1.165) is 0 Å². The van der Waals surface area contributed by atoms with E-state index in [0.29, 0.717) is 0 Å². The Balaban J connectivity index is 3.71. The summed E-state index contributed by atoms with van der Waals surface area (Å²) >= 11 is 0. The van der Waals surface area contributed by atoms with Crippen LogP contribution < -0.4 is 0 Å². The van der Waals surface area contributed by atoms with Crippen LogP contribution in [0.25, 0.3) is 0 Å². The van der Waals surface area contributed by atoms with Gasteiger partial charge in [-0.15, -0.1) is 0 Å². The van der Waals surface area contributed by atoms with Crippen molar-refractivity contribution in [2.75, 3.05) is 0 Å². The SMILES string of the molecule is C=C(C)C(=O)OC(CC(OC(=O)C(=C)C)(OC(=O)C(=C)C)OC(=O)C(=C)C)[SiH]1O[SiH2]O[Si](C)(C)O[Si](C)(C)O1. The highest BCUT2D eigenvalue weighted by Gasteiger charge is 2.52. The van der Waals surface area contributed by atoms with Gasteiger partial charge >= 0.3 is 56.3 Å². The van der Waals surface area contributed by atoms with Crippen molar-refractivity contribution in [3.8, 4) is 0 Å². The van der Waals surface area contributed by atoms with Crippen molar-refractivity contribution < 1.29 is 54.6 Å². The summed E-state index contributed by atoms with van der Waals surface area (Å²) in [6.45, 7) is 26.8. The maximum absolute atomic E-state index is 12.7. The summed E-state index contributed by atoms with van der Waals surface area (Å²) in [4.78, 5) is 50.7. The van der Waals surface area contributed by atoms with Crippen LogP contribution in [0.5, 0.6) is 0 Å². The van der Waals surface area contributed by atoms with Gasteiger partial charge in [-0.25, -0.2) is 19.2 Å². The summed E-state index contributed by atoms with van der Waals surface area (Å²) < 4.78 is 46.3. The van der Waals surface area contributed by atoms with E-state index < -0.39 is 78.4 Å². The number of carbonyl (C=O) groups excluding carboxylic acids is 4. The molecule has 0 bridgehead atoms. The minimum Gasteiger partial charge on any atom is -0.457 e. The molecule has 12 nitrogen and oxygen atoms in total. The Hall–Kier alpha value is -2.45. The van der Waals surface area contributed by atoms with Gasteiger partial charge in [0.05, 0.1) is 0 Å². The fourth-order valence-electron chi connectivity index (χ4n) is 2.94. The van der Waals surface area contributed by atoms with Crippen molar-refractivity contribution in [3.05, 3.63) is 48.6 Å². The van der Waals surface area contributed by atoms with Crippen molar-refractivity contribution in [1.82, 2.24) is 0 Å². The van der Waals surface area contributed by atoms with E-state index in [1.165, 1.54) is 27.7 Å². The molecule has 0 aliphatic carbocycles. The molecule has 1 aliphatic rings. The van der Waals surface area contributed by atoms with Crippen LogP contribution in [0.1, 0.15) is 34.1 Å². The largest absolute Gasteiger partial charge is 0.457 e. The first-order valence-electron chi connectivity index (χ1n) is 11.9. The lowest BCUT2D eigenvalue weighted by Gasteiger charge is -2.41. The van der Waals surface area contributed by atoms with E-state index in [1.54, 1.807) is 13.1 Å². The number of hydrogen-bond donors (Lipinski definition) is 0. The molecule has 0 aromatic rings. The molecule has 1 saturated heterocycles. The van der Waals surface area contributed by atoms with Gasteiger partial charge in [-0.2, -0.15) is 0 Å². The van der Waals surface area contributed by atoms with Gasteiger partial charge < -0.3 is 35.4 Å². The van der Waals surface area contributed by atoms with Crippen LogP contribution in [0, 0.1) is 0 Å². The molecule has 2 atom stereocenters. The van der Waals surface area contributed by atoms with Crippen LogP contribution >= 0.6 is 0 Å². The zero-order chi connectivity index (χ0) is 30.3. The molecule has 0 amide bonds. The number of ether oxygens (including phenoxy) is 4. The molecule has 39 heavy (non-hydrogen) atoms. The standard InChI is InChI=1S/C23H38O12Si4/c1-14(2)19(24)28-18(37-32-36-33-38(9,10)35-39(11,12)34-37)13-23(29-20(25)15(3)4,30-21(26)16(5)6)31-22(27)17(7)8/h18,37H,1,3,5,7,13,36H2,2,4,6,8-12H3. The van der Waals surface area contributed by atoms with Gasteiger partial charge in [-0.3, -0.25) is 0 Å². The maximum atomic E-state index is 12.7. The molecule has 2 unspecified atom stereocenters. The molecule has 1 rings (SSSR count). The normalized spacial score (nSPS) is 19.8. The summed E-state index contributed by atoms with van der Waals surface area (Å²) in [7, 11) is -10.3. The van der Waals surface area contributed by atoms with Crippen molar-refractivity contribution in [2.45, 2.75) is 72.0 Å². The van der Waals surface area contributed by atoms with Gasteiger partial charge in [-0.1, -0.05) is 26.3 Å². The van der Waals surface area contributed by atoms with E-state index in [-0.39, 0.29) is 22.3 Å². The third kappa shape index (κ3) is 11.3. The van der Waals surface area contributed by atoms with E-state index >= 15 is 0 Å². The summed E-state index contributed by atoms with van der Waals surface area (Å²) in [6, 6.07) is 0. The Morgan fingerprint density at radius 1 is 0.769 bits per heavy atom. The highest BCUT2D eigenvalue weighted by molar-refractivity contribution is 6.84. The second-order valence-electron chi connectivity index (χ2n) is 9.94. The van der Waals surface area contributed by atoms with Gasteiger partial charge in [0.1, 0.15) is 6.42 Å². The molecule has 0 aromatic heterocycles. The highest BCUT2D eigenvalue weighted by atomic mass is 28.5. The summed E-state index contributed by atoms with van der Waals surface area (Å²) in [5, 5.41) is 0. The predicted octanol–water partition coefficient (Wildman–Crippen LogP) is 2.12. The van der Waals surface area contributed by atoms with Crippen LogP contribution in [0.15, 0.2) is 48.6 Å². The monoisotopic (exact) mass is 618 g/mol. The topological polar surface area (TPSA) is 142 Å². The van der Waals surface area contributed by atoms with Crippen LogP contribution in [0.3, 0.4) is 0 Å². The maximum Gasteiger partial charge on any atom is 0.427 e. The number of esters is 4. The molecule has 0 radical (unpaired) electrons. The highest BCUT2D eigenvalue weighted by Crippen LogP contribution is 2.31. The molecular formula is C23H38O12Si4. The predicted molar refractivity (Wildman–Crippen MR) is 150 cm³/mol. The van der Waals surface area contributed by atoms with E-state index in [1.807, 2.05) is 13.1 Å². The lowest BCUT2D eigenvalue weighted by atomic mass is 10.3. The lowest BCUT2D eigenvalue weighted by Crippen LogP contribution is -2.60. The third-order valence-corrected chi connectivity index (χ3v) is 17.9.